The van der Waals surface area contributed by atoms with Crippen molar-refractivity contribution in [2.75, 3.05) is 0 Å². The molecule has 18 heavy (non-hydrogen) atoms. The van der Waals surface area contributed by atoms with E-state index in [9.17, 15) is 4.79 Å². The molecular formula is C15H14N2O. The molecule has 1 aliphatic carbocycles. The van der Waals surface area contributed by atoms with E-state index in [1.807, 2.05) is 0 Å². The van der Waals surface area contributed by atoms with Crippen molar-refractivity contribution in [2.45, 2.75) is 25.2 Å². The monoisotopic (exact) mass is 238 g/mol. The molecule has 1 unspecified atom stereocenters. The van der Waals surface area contributed by atoms with E-state index in [-0.39, 0.29) is 5.92 Å². The van der Waals surface area contributed by atoms with Gasteiger partial charge < -0.3 is 0 Å². The van der Waals surface area contributed by atoms with E-state index in [0.29, 0.717) is 5.56 Å². The maximum Gasteiger partial charge on any atom is 0.153 e. The van der Waals surface area contributed by atoms with Gasteiger partial charge in [-0.2, -0.15) is 0 Å². The van der Waals surface area contributed by atoms with Crippen LogP contribution in [0.3, 0.4) is 0 Å². The van der Waals surface area contributed by atoms with Gasteiger partial charge in [0.15, 0.2) is 6.29 Å². The number of aryl methyl sites for hydroxylation is 1. The smallest absolute Gasteiger partial charge is 0.153 e. The summed E-state index contributed by atoms with van der Waals surface area (Å²) >= 11 is 0. The highest BCUT2D eigenvalue weighted by molar-refractivity contribution is 5.73. The van der Waals surface area contributed by atoms with Crippen molar-refractivity contribution in [1.82, 2.24) is 9.97 Å². The van der Waals surface area contributed by atoms with Crippen LogP contribution in [-0.4, -0.2) is 16.3 Å². The lowest BCUT2D eigenvalue weighted by Crippen LogP contribution is -2.13. The number of aromatic nitrogens is 2. The molecule has 0 bridgehead atoms. The Morgan fingerprint density at radius 2 is 1.94 bits per heavy atom. The molecule has 0 fully saturated rings. The number of carbonyl (C=O) groups excluding carboxylic acids is 1. The molecule has 1 aromatic heterocycles. The molecule has 2 aromatic rings. The minimum absolute atomic E-state index is 0.274. The van der Waals surface area contributed by atoms with E-state index in [1.165, 1.54) is 17.5 Å². The molecule has 3 rings (SSSR count). The van der Waals surface area contributed by atoms with Crippen LogP contribution in [0.25, 0.3) is 0 Å². The number of rotatable bonds is 2. The number of hydrogen-bond acceptors (Lipinski definition) is 3. The molecular weight excluding hydrogens is 224 g/mol. The van der Waals surface area contributed by atoms with E-state index in [1.54, 1.807) is 12.4 Å². The first-order chi connectivity index (χ1) is 8.88. The average molecular weight is 238 g/mol. The fraction of sp³-hybridized carbons (Fsp3) is 0.267. The molecule has 0 radical (unpaired) electrons. The SMILES string of the molecule is O=Cc1cnc(C2CCCc3ccccc32)nc1. The van der Waals surface area contributed by atoms with Gasteiger partial charge >= 0.3 is 0 Å². The molecule has 3 heteroatoms. The normalized spacial score (nSPS) is 18.1. The molecule has 0 saturated heterocycles. The molecule has 1 aliphatic rings. The summed E-state index contributed by atoms with van der Waals surface area (Å²) in [6.07, 6.45) is 7.37. The molecule has 0 saturated carbocycles. The largest absolute Gasteiger partial charge is 0.298 e. The minimum atomic E-state index is 0.274. The average Bonchev–Trinajstić information content (AvgIpc) is 2.47. The summed E-state index contributed by atoms with van der Waals surface area (Å²) in [5.41, 5.74) is 3.27. The first-order valence-corrected chi connectivity index (χ1v) is 6.23. The van der Waals surface area contributed by atoms with Crippen molar-refractivity contribution in [3.05, 3.63) is 59.2 Å². The Kier molecular flexibility index (Phi) is 2.89. The van der Waals surface area contributed by atoms with E-state index in [0.717, 1.165) is 25.0 Å². The summed E-state index contributed by atoms with van der Waals surface area (Å²) in [4.78, 5) is 19.3. The van der Waals surface area contributed by atoms with Gasteiger partial charge in [0.25, 0.3) is 0 Å². The van der Waals surface area contributed by atoms with Gasteiger partial charge in [-0.25, -0.2) is 9.97 Å². The number of benzene rings is 1. The zero-order valence-electron chi connectivity index (χ0n) is 10.0. The summed E-state index contributed by atoms with van der Waals surface area (Å²) in [6.45, 7) is 0. The Balaban J connectivity index is 1.99. The van der Waals surface area contributed by atoms with Crippen LogP contribution >= 0.6 is 0 Å². The molecule has 0 amide bonds. The maximum atomic E-state index is 10.6. The van der Waals surface area contributed by atoms with Crippen molar-refractivity contribution in [1.29, 1.82) is 0 Å². The van der Waals surface area contributed by atoms with Gasteiger partial charge in [0.05, 0.1) is 5.56 Å². The lowest BCUT2D eigenvalue weighted by atomic mass is 9.82. The van der Waals surface area contributed by atoms with Crippen LogP contribution in [0, 0.1) is 0 Å². The lowest BCUT2D eigenvalue weighted by Gasteiger charge is -2.24. The van der Waals surface area contributed by atoms with Gasteiger partial charge in [-0.3, -0.25) is 4.79 Å². The number of nitrogens with zero attached hydrogens (tertiary/aromatic N) is 2. The van der Waals surface area contributed by atoms with Gasteiger partial charge in [0.1, 0.15) is 5.82 Å². The Morgan fingerprint density at radius 1 is 1.17 bits per heavy atom. The van der Waals surface area contributed by atoms with Crippen LogP contribution in [-0.2, 0) is 6.42 Å². The van der Waals surface area contributed by atoms with E-state index < -0.39 is 0 Å². The van der Waals surface area contributed by atoms with Crippen LogP contribution < -0.4 is 0 Å². The first-order valence-electron chi connectivity index (χ1n) is 6.23. The summed E-state index contributed by atoms with van der Waals surface area (Å²) in [6, 6.07) is 8.49. The molecule has 1 heterocycles. The summed E-state index contributed by atoms with van der Waals surface area (Å²) in [5, 5.41) is 0. The summed E-state index contributed by atoms with van der Waals surface area (Å²) in [7, 11) is 0. The molecule has 1 aromatic carbocycles. The van der Waals surface area contributed by atoms with Gasteiger partial charge in [-0.05, 0) is 30.4 Å². The summed E-state index contributed by atoms with van der Waals surface area (Å²) in [5.74, 6) is 1.10. The van der Waals surface area contributed by atoms with Gasteiger partial charge in [-0.15, -0.1) is 0 Å². The van der Waals surface area contributed by atoms with E-state index in [4.69, 9.17) is 0 Å². The highest BCUT2D eigenvalue weighted by Gasteiger charge is 2.23. The number of carbonyl (C=O) groups is 1. The fourth-order valence-corrected chi connectivity index (χ4v) is 2.61. The zero-order chi connectivity index (χ0) is 12.4. The highest BCUT2D eigenvalue weighted by Crippen LogP contribution is 2.34. The number of aldehydes is 1. The Bertz CT molecular complexity index is 563. The molecule has 0 spiro atoms. The predicted octanol–water partition coefficient (Wildman–Crippen LogP) is 2.76. The molecule has 0 aliphatic heterocycles. The third kappa shape index (κ3) is 1.92. The third-order valence-corrected chi connectivity index (χ3v) is 3.51. The van der Waals surface area contributed by atoms with E-state index >= 15 is 0 Å². The van der Waals surface area contributed by atoms with Crippen LogP contribution in [0.2, 0.25) is 0 Å². The number of fused-ring (bicyclic) bond motifs is 1. The van der Waals surface area contributed by atoms with Crippen molar-refractivity contribution in [3.63, 3.8) is 0 Å². The van der Waals surface area contributed by atoms with Crippen LogP contribution in [0.4, 0.5) is 0 Å². The second-order valence-corrected chi connectivity index (χ2v) is 4.64. The molecule has 3 nitrogen and oxygen atoms in total. The zero-order valence-corrected chi connectivity index (χ0v) is 10.0. The Morgan fingerprint density at radius 3 is 2.72 bits per heavy atom. The van der Waals surface area contributed by atoms with Crippen molar-refractivity contribution >= 4 is 6.29 Å². The van der Waals surface area contributed by atoms with Gasteiger partial charge in [-0.1, -0.05) is 24.3 Å². The quantitative estimate of drug-likeness (QED) is 0.755. The van der Waals surface area contributed by atoms with Crippen LogP contribution in [0.5, 0.6) is 0 Å². The lowest BCUT2D eigenvalue weighted by molar-refractivity contribution is 0.112. The Hall–Kier alpha value is -2.03. The molecule has 0 N–H and O–H groups in total. The van der Waals surface area contributed by atoms with Gasteiger partial charge in [0, 0.05) is 18.3 Å². The predicted molar refractivity (Wildman–Crippen MR) is 68.6 cm³/mol. The molecule has 1 atom stereocenters. The van der Waals surface area contributed by atoms with Crippen LogP contribution in [0.15, 0.2) is 36.7 Å². The first kappa shape index (κ1) is 11.1. The third-order valence-electron chi connectivity index (χ3n) is 3.51. The standard InChI is InChI=1S/C15H14N2O/c18-10-11-8-16-15(17-9-11)14-7-3-5-12-4-1-2-6-13(12)14/h1-2,4,6,8-10,14H,3,5,7H2. The van der Waals surface area contributed by atoms with E-state index in [2.05, 4.69) is 34.2 Å². The van der Waals surface area contributed by atoms with Crippen molar-refractivity contribution in [2.24, 2.45) is 0 Å². The maximum absolute atomic E-state index is 10.6. The topological polar surface area (TPSA) is 42.9 Å². The highest BCUT2D eigenvalue weighted by atomic mass is 16.1. The van der Waals surface area contributed by atoms with Crippen molar-refractivity contribution < 1.29 is 4.79 Å². The Labute approximate surface area is 106 Å². The number of hydrogen-bond donors (Lipinski definition) is 0. The summed E-state index contributed by atoms with van der Waals surface area (Å²) < 4.78 is 0. The van der Waals surface area contributed by atoms with Crippen LogP contribution in [0.1, 0.15) is 46.1 Å². The second kappa shape index (κ2) is 4.69. The van der Waals surface area contributed by atoms with Gasteiger partial charge in [0.2, 0.25) is 0 Å². The van der Waals surface area contributed by atoms with Crippen molar-refractivity contribution in [3.8, 4) is 0 Å². The second-order valence-electron chi connectivity index (χ2n) is 4.64. The molecule has 90 valence electrons. The fourth-order valence-electron chi connectivity index (χ4n) is 2.61. The minimum Gasteiger partial charge on any atom is -0.298 e.